The molecule has 1 unspecified atom stereocenters. The average Bonchev–Trinajstić information content (AvgIpc) is 3.04. The zero-order chi connectivity index (χ0) is 26.0. The smallest absolute Gasteiger partial charge is 0.406 e. The van der Waals surface area contributed by atoms with Crippen molar-refractivity contribution in [2.24, 2.45) is 10.3 Å². The lowest BCUT2D eigenvalue weighted by Crippen LogP contribution is -2.32. The molecule has 5 nitrogen and oxygen atoms in total. The quantitative estimate of drug-likeness (QED) is 0.377. The summed E-state index contributed by atoms with van der Waals surface area (Å²) in [6.07, 6.45) is -0.421. The summed E-state index contributed by atoms with van der Waals surface area (Å²) >= 11 is 0. The van der Waals surface area contributed by atoms with Crippen LogP contribution in [0.4, 0.5) is 13.2 Å². The van der Waals surface area contributed by atoms with Gasteiger partial charge in [0.05, 0.1) is 11.0 Å². The minimum absolute atomic E-state index is 0.0314. The van der Waals surface area contributed by atoms with E-state index in [0.29, 0.717) is 19.4 Å². The van der Waals surface area contributed by atoms with E-state index in [1.165, 1.54) is 28.5 Å². The number of hydrogen-bond donors (Lipinski definition) is 0. The molecular weight excluding hydrogens is 503 g/mol. The van der Waals surface area contributed by atoms with Crippen molar-refractivity contribution < 1.29 is 31.1 Å². The molecule has 194 valence electrons. The number of nitrogens with zero attached hydrogens (tertiary/aromatic N) is 1. The second kappa shape index (κ2) is 10.3. The second-order valence-corrected chi connectivity index (χ2v) is 11.0. The van der Waals surface area contributed by atoms with Gasteiger partial charge in [-0.15, -0.1) is 13.2 Å². The summed E-state index contributed by atoms with van der Waals surface area (Å²) in [7, 11) is -4.07. The van der Waals surface area contributed by atoms with Crippen molar-refractivity contribution in [3.05, 3.63) is 95.1 Å². The van der Waals surface area contributed by atoms with E-state index < -0.39 is 22.1 Å². The van der Waals surface area contributed by atoms with Gasteiger partial charge < -0.3 is 9.47 Å². The highest BCUT2D eigenvalue weighted by molar-refractivity contribution is 7.90. The Balaban J connectivity index is 1.36. The summed E-state index contributed by atoms with van der Waals surface area (Å²) in [6.45, 7) is 0.478. The fourth-order valence-electron chi connectivity index (χ4n) is 5.23. The minimum Gasteiger partial charge on any atom is -0.406 e. The molecule has 3 aromatic rings. The Morgan fingerprint density at radius 3 is 2.08 bits per heavy atom. The van der Waals surface area contributed by atoms with Crippen LogP contribution in [0.5, 0.6) is 5.75 Å². The monoisotopic (exact) mass is 529 g/mol. The molecule has 0 saturated carbocycles. The third kappa shape index (κ3) is 5.88. The molecule has 1 heterocycles. The van der Waals surface area contributed by atoms with Crippen molar-refractivity contribution in [3.8, 4) is 5.75 Å². The SMILES string of the molecule is O=S(=O)(/N=C/C1CCO[C@@H](C2c3ccccc3CCc3ccccc32)C1)c1ccc(OC(F)(F)F)cc1. The molecule has 3 aromatic carbocycles. The molecule has 0 bridgehead atoms. The van der Waals surface area contributed by atoms with Gasteiger partial charge in [0.25, 0.3) is 10.0 Å². The second-order valence-electron chi connectivity index (χ2n) is 9.32. The molecule has 0 spiro atoms. The molecule has 0 amide bonds. The molecule has 2 aliphatic rings. The standard InChI is InChI=1S/C28H26F3NO4S/c29-28(30,31)36-22-11-13-23(14-12-22)37(33,34)32-18-19-15-16-35-26(17-19)27-24-7-3-1-5-20(24)9-10-21-6-2-4-8-25(21)27/h1-8,11-14,18-19,26-27H,9-10,15-17H2/b32-18+/t19?,26-/m1/s1. The van der Waals surface area contributed by atoms with E-state index in [1.807, 2.05) is 12.1 Å². The lowest BCUT2D eigenvalue weighted by Gasteiger charge is -2.35. The van der Waals surface area contributed by atoms with Crippen LogP contribution < -0.4 is 4.74 Å². The molecule has 37 heavy (non-hydrogen) atoms. The van der Waals surface area contributed by atoms with Crippen LogP contribution in [0.15, 0.2) is 82.1 Å². The van der Waals surface area contributed by atoms with Crippen molar-refractivity contribution in [3.63, 3.8) is 0 Å². The van der Waals surface area contributed by atoms with Gasteiger partial charge in [0.2, 0.25) is 0 Å². The van der Waals surface area contributed by atoms with Crippen molar-refractivity contribution >= 4 is 16.2 Å². The van der Waals surface area contributed by atoms with Crippen LogP contribution in [-0.2, 0) is 27.6 Å². The minimum atomic E-state index is -4.85. The van der Waals surface area contributed by atoms with Gasteiger partial charge in [0, 0.05) is 18.7 Å². The van der Waals surface area contributed by atoms with Gasteiger partial charge in [-0.2, -0.15) is 12.8 Å². The van der Waals surface area contributed by atoms with Crippen LogP contribution in [0.3, 0.4) is 0 Å². The van der Waals surface area contributed by atoms with Crippen LogP contribution in [-0.4, -0.2) is 33.7 Å². The molecule has 0 N–H and O–H groups in total. The first-order chi connectivity index (χ1) is 17.7. The van der Waals surface area contributed by atoms with Gasteiger partial charge in [-0.1, -0.05) is 48.5 Å². The maximum Gasteiger partial charge on any atom is 0.573 e. The van der Waals surface area contributed by atoms with E-state index in [0.717, 1.165) is 37.1 Å². The summed E-state index contributed by atoms with van der Waals surface area (Å²) in [5, 5.41) is 0. The van der Waals surface area contributed by atoms with Crippen LogP contribution in [0, 0.1) is 5.92 Å². The summed E-state index contributed by atoms with van der Waals surface area (Å²) in [5.74, 6) is -0.584. The Bertz CT molecular complexity index is 1340. The lowest BCUT2D eigenvalue weighted by molar-refractivity contribution is -0.274. The predicted molar refractivity (Wildman–Crippen MR) is 133 cm³/mol. The Morgan fingerprint density at radius 1 is 0.892 bits per heavy atom. The van der Waals surface area contributed by atoms with Crippen LogP contribution >= 0.6 is 0 Å². The molecule has 9 heteroatoms. The fourth-order valence-corrected chi connectivity index (χ4v) is 6.17. The highest BCUT2D eigenvalue weighted by atomic mass is 32.2. The first kappa shape index (κ1) is 25.5. The van der Waals surface area contributed by atoms with E-state index in [4.69, 9.17) is 4.74 Å². The third-order valence-corrected chi connectivity index (χ3v) is 8.20. The molecule has 1 fully saturated rings. The Hall–Kier alpha value is -3.17. The number of halogens is 3. The highest BCUT2D eigenvalue weighted by Gasteiger charge is 2.35. The normalized spacial score (nSPS) is 20.7. The van der Waals surface area contributed by atoms with E-state index in [1.54, 1.807) is 0 Å². The molecule has 1 saturated heterocycles. The number of aryl methyl sites for hydroxylation is 2. The van der Waals surface area contributed by atoms with Crippen LogP contribution in [0.25, 0.3) is 0 Å². The summed E-state index contributed by atoms with van der Waals surface area (Å²) < 4.78 is 76.6. The molecule has 5 rings (SSSR count). The molecule has 1 aliphatic heterocycles. The number of ether oxygens (including phenoxy) is 2. The number of fused-ring (bicyclic) bond motifs is 2. The Kier molecular flexibility index (Phi) is 7.09. The van der Waals surface area contributed by atoms with Gasteiger partial charge in [0.15, 0.2) is 0 Å². The van der Waals surface area contributed by atoms with Gasteiger partial charge in [0.1, 0.15) is 5.75 Å². The number of sulfonamides is 1. The van der Waals surface area contributed by atoms with E-state index in [-0.39, 0.29) is 22.8 Å². The van der Waals surface area contributed by atoms with Gasteiger partial charge >= 0.3 is 6.36 Å². The molecule has 0 aromatic heterocycles. The number of alkyl halides is 3. The topological polar surface area (TPSA) is 65.0 Å². The number of hydrogen-bond acceptors (Lipinski definition) is 4. The zero-order valence-corrected chi connectivity index (χ0v) is 20.7. The Morgan fingerprint density at radius 2 is 1.49 bits per heavy atom. The summed E-state index contributed by atoms with van der Waals surface area (Å²) in [6, 6.07) is 20.8. The first-order valence-corrected chi connectivity index (χ1v) is 13.6. The van der Waals surface area contributed by atoms with E-state index in [2.05, 4.69) is 45.5 Å². The zero-order valence-electron chi connectivity index (χ0n) is 19.9. The van der Waals surface area contributed by atoms with Crippen LogP contribution in [0.2, 0.25) is 0 Å². The van der Waals surface area contributed by atoms with Crippen LogP contribution in [0.1, 0.15) is 41.0 Å². The average molecular weight is 530 g/mol. The summed E-state index contributed by atoms with van der Waals surface area (Å²) in [5.41, 5.74) is 5.07. The number of benzene rings is 3. The molecular formula is C28H26F3NO4S. The van der Waals surface area contributed by atoms with Crippen molar-refractivity contribution in [2.45, 2.75) is 49.0 Å². The van der Waals surface area contributed by atoms with Gasteiger partial charge in [-0.25, -0.2) is 0 Å². The molecule has 1 aliphatic carbocycles. The first-order valence-electron chi connectivity index (χ1n) is 12.1. The predicted octanol–water partition coefficient (Wildman–Crippen LogP) is 6.07. The highest BCUT2D eigenvalue weighted by Crippen LogP contribution is 2.41. The largest absolute Gasteiger partial charge is 0.573 e. The molecule has 2 atom stereocenters. The van der Waals surface area contributed by atoms with Crippen molar-refractivity contribution in [1.29, 1.82) is 0 Å². The maximum absolute atomic E-state index is 12.7. The van der Waals surface area contributed by atoms with E-state index in [9.17, 15) is 21.6 Å². The van der Waals surface area contributed by atoms with Crippen molar-refractivity contribution in [2.75, 3.05) is 6.61 Å². The van der Waals surface area contributed by atoms with Crippen molar-refractivity contribution in [1.82, 2.24) is 0 Å². The maximum atomic E-state index is 12.7. The molecule has 0 radical (unpaired) electrons. The lowest BCUT2D eigenvalue weighted by atomic mass is 9.79. The fraction of sp³-hybridized carbons (Fsp3) is 0.321. The Labute approximate surface area is 214 Å². The van der Waals surface area contributed by atoms with Gasteiger partial charge in [-0.05, 0) is 78.1 Å². The van der Waals surface area contributed by atoms with Gasteiger partial charge in [-0.3, -0.25) is 0 Å². The van der Waals surface area contributed by atoms with E-state index >= 15 is 0 Å². The third-order valence-electron chi connectivity index (χ3n) is 6.94. The number of rotatable bonds is 5. The summed E-state index contributed by atoms with van der Waals surface area (Å²) in [4.78, 5) is -0.200.